The van der Waals surface area contributed by atoms with Gasteiger partial charge >= 0.3 is 6.03 Å². The Morgan fingerprint density at radius 1 is 1.00 bits per heavy atom. The van der Waals surface area contributed by atoms with Crippen LogP contribution in [-0.4, -0.2) is 61.7 Å². The van der Waals surface area contributed by atoms with Crippen molar-refractivity contribution in [1.82, 2.24) is 9.80 Å². The van der Waals surface area contributed by atoms with Gasteiger partial charge in [-0.2, -0.15) is 0 Å². The monoisotopic (exact) mass is 304 g/mol. The van der Waals surface area contributed by atoms with Gasteiger partial charge in [-0.3, -0.25) is 19.4 Å². The van der Waals surface area contributed by atoms with Crippen molar-refractivity contribution in [2.24, 2.45) is 0 Å². The predicted molar refractivity (Wildman–Crippen MR) is 72.7 cm³/mol. The van der Waals surface area contributed by atoms with Crippen LogP contribution in [0.1, 0.15) is 32.1 Å². The summed E-state index contributed by atoms with van der Waals surface area (Å²) in [5, 5.41) is 0. The van der Waals surface area contributed by atoms with Crippen LogP contribution in [0.2, 0.25) is 0 Å². The summed E-state index contributed by atoms with van der Waals surface area (Å²) < 4.78 is 21.9. The summed E-state index contributed by atoms with van der Waals surface area (Å²) in [4.78, 5) is 36.6. The Morgan fingerprint density at radius 2 is 1.60 bits per heavy atom. The van der Waals surface area contributed by atoms with Crippen molar-refractivity contribution >= 4 is 27.7 Å². The zero-order valence-electron chi connectivity index (χ0n) is 11.8. The van der Waals surface area contributed by atoms with Crippen molar-refractivity contribution in [3.05, 3.63) is 0 Å². The normalized spacial score (nSPS) is 17.0. The van der Waals surface area contributed by atoms with E-state index in [0.717, 1.165) is 22.6 Å². The first-order valence-corrected chi connectivity index (χ1v) is 8.57. The molecular formula is C12H20N2O5S. The highest BCUT2D eigenvalue weighted by Gasteiger charge is 2.34. The Morgan fingerprint density at radius 3 is 2.20 bits per heavy atom. The minimum Gasteiger partial charge on any atom is -0.274 e. The van der Waals surface area contributed by atoms with Gasteiger partial charge in [0.15, 0.2) is 0 Å². The molecule has 0 aliphatic carbocycles. The molecule has 0 bridgehead atoms. The van der Waals surface area contributed by atoms with Crippen LogP contribution >= 0.6 is 0 Å². The van der Waals surface area contributed by atoms with Crippen LogP contribution in [0.3, 0.4) is 0 Å². The molecule has 0 spiro atoms. The van der Waals surface area contributed by atoms with Crippen molar-refractivity contribution in [2.75, 3.05) is 25.6 Å². The Kier molecular flexibility index (Phi) is 5.67. The number of carbonyl (C=O) groups is 3. The number of carbonyl (C=O) groups excluding carboxylic acids is 3. The fraction of sp³-hybridized carbons (Fsp3) is 0.750. The molecule has 0 aromatic heterocycles. The molecule has 1 fully saturated rings. The largest absolute Gasteiger partial charge is 0.333 e. The quantitative estimate of drug-likeness (QED) is 0.501. The molecule has 7 nitrogen and oxygen atoms in total. The van der Waals surface area contributed by atoms with E-state index in [9.17, 15) is 22.8 Å². The van der Waals surface area contributed by atoms with Crippen LogP contribution in [0.15, 0.2) is 0 Å². The van der Waals surface area contributed by atoms with Crippen molar-refractivity contribution in [2.45, 2.75) is 32.1 Å². The molecule has 0 atom stereocenters. The number of amides is 4. The van der Waals surface area contributed by atoms with Crippen molar-refractivity contribution in [3.63, 3.8) is 0 Å². The van der Waals surface area contributed by atoms with E-state index < -0.39 is 27.7 Å². The van der Waals surface area contributed by atoms with Crippen LogP contribution in [0.5, 0.6) is 0 Å². The van der Waals surface area contributed by atoms with E-state index >= 15 is 0 Å². The number of urea groups is 1. The Hall–Kier alpha value is -1.44. The molecular weight excluding hydrogens is 284 g/mol. The second kappa shape index (κ2) is 6.83. The van der Waals surface area contributed by atoms with E-state index in [1.54, 1.807) is 0 Å². The fourth-order valence-electron chi connectivity index (χ4n) is 1.95. The third kappa shape index (κ3) is 4.92. The lowest BCUT2D eigenvalue weighted by Crippen LogP contribution is -2.53. The average molecular weight is 304 g/mol. The summed E-state index contributed by atoms with van der Waals surface area (Å²) in [6, 6.07) is -0.581. The van der Waals surface area contributed by atoms with E-state index in [-0.39, 0.29) is 18.7 Å². The number of rotatable bonds is 7. The summed E-state index contributed by atoms with van der Waals surface area (Å²) >= 11 is 0. The van der Waals surface area contributed by atoms with Gasteiger partial charge < -0.3 is 0 Å². The van der Waals surface area contributed by atoms with Gasteiger partial charge in [0, 0.05) is 25.6 Å². The standard InChI is InChI=1S/C12H20N2O5S/c1-13-10(15)9-11(16)14(12(13)17)7-5-3-4-6-8-20(2,18)19/h3-9H2,1-2H3. The first-order chi connectivity index (χ1) is 9.22. The van der Waals surface area contributed by atoms with Gasteiger partial charge in [0.2, 0.25) is 11.8 Å². The molecule has 1 rings (SSSR count). The van der Waals surface area contributed by atoms with Gasteiger partial charge in [-0.15, -0.1) is 0 Å². The van der Waals surface area contributed by atoms with Crippen LogP contribution in [0, 0.1) is 0 Å². The Bertz CT molecular complexity index is 500. The van der Waals surface area contributed by atoms with E-state index in [0.29, 0.717) is 12.8 Å². The maximum Gasteiger partial charge on any atom is 0.333 e. The van der Waals surface area contributed by atoms with Crippen LogP contribution < -0.4 is 0 Å². The van der Waals surface area contributed by atoms with Gasteiger partial charge in [0.1, 0.15) is 16.3 Å². The molecule has 0 N–H and O–H groups in total. The molecule has 4 amide bonds. The number of sulfone groups is 1. The van der Waals surface area contributed by atoms with Crippen molar-refractivity contribution < 1.29 is 22.8 Å². The SMILES string of the molecule is CN1C(=O)CC(=O)N(CCCCCCS(C)(=O)=O)C1=O. The minimum absolute atomic E-state index is 0.159. The lowest BCUT2D eigenvalue weighted by atomic mass is 10.2. The molecule has 1 heterocycles. The van der Waals surface area contributed by atoms with E-state index in [1.807, 2.05) is 0 Å². The van der Waals surface area contributed by atoms with Gasteiger partial charge in [-0.05, 0) is 12.8 Å². The third-order valence-corrected chi connectivity index (χ3v) is 4.17. The second-order valence-electron chi connectivity index (χ2n) is 5.00. The molecule has 0 radical (unpaired) electrons. The lowest BCUT2D eigenvalue weighted by molar-refractivity contribution is -0.141. The number of barbiturate groups is 1. The smallest absolute Gasteiger partial charge is 0.274 e. The highest BCUT2D eigenvalue weighted by Crippen LogP contribution is 2.12. The average Bonchev–Trinajstić information content (AvgIpc) is 2.33. The van der Waals surface area contributed by atoms with Crippen LogP contribution in [0.25, 0.3) is 0 Å². The summed E-state index contributed by atoms with van der Waals surface area (Å²) in [7, 11) is -1.57. The highest BCUT2D eigenvalue weighted by atomic mass is 32.2. The summed E-state index contributed by atoms with van der Waals surface area (Å²) in [6.07, 6.45) is 3.60. The van der Waals surface area contributed by atoms with Crippen LogP contribution in [0.4, 0.5) is 4.79 Å². The number of unbranched alkanes of at least 4 members (excludes halogenated alkanes) is 3. The first-order valence-electron chi connectivity index (χ1n) is 6.51. The second-order valence-corrected chi connectivity index (χ2v) is 7.26. The molecule has 8 heteroatoms. The zero-order valence-corrected chi connectivity index (χ0v) is 12.6. The molecule has 0 aromatic rings. The zero-order chi connectivity index (χ0) is 15.3. The van der Waals surface area contributed by atoms with E-state index in [2.05, 4.69) is 0 Å². The van der Waals surface area contributed by atoms with Crippen molar-refractivity contribution in [3.8, 4) is 0 Å². The van der Waals surface area contributed by atoms with E-state index in [1.165, 1.54) is 13.3 Å². The van der Waals surface area contributed by atoms with Gasteiger partial charge in [-0.1, -0.05) is 12.8 Å². The van der Waals surface area contributed by atoms with E-state index in [4.69, 9.17) is 0 Å². The predicted octanol–water partition coefficient (Wildman–Crippen LogP) is 0.402. The maximum atomic E-state index is 11.7. The highest BCUT2D eigenvalue weighted by molar-refractivity contribution is 7.90. The number of hydrogen-bond acceptors (Lipinski definition) is 5. The van der Waals surface area contributed by atoms with Gasteiger partial charge in [0.05, 0.1) is 0 Å². The molecule has 20 heavy (non-hydrogen) atoms. The summed E-state index contributed by atoms with van der Waals surface area (Å²) in [5.41, 5.74) is 0. The summed E-state index contributed by atoms with van der Waals surface area (Å²) in [6.45, 7) is 0.272. The molecule has 114 valence electrons. The minimum atomic E-state index is -2.93. The molecule has 1 aliphatic rings. The third-order valence-electron chi connectivity index (χ3n) is 3.14. The molecule has 0 aromatic carbocycles. The number of imide groups is 2. The molecule has 0 saturated carbocycles. The Balaban J connectivity index is 2.29. The lowest BCUT2D eigenvalue weighted by Gasteiger charge is -2.30. The molecule has 0 unspecified atom stereocenters. The maximum absolute atomic E-state index is 11.7. The van der Waals surface area contributed by atoms with Gasteiger partial charge in [-0.25, -0.2) is 13.2 Å². The fourth-order valence-corrected chi connectivity index (χ4v) is 2.67. The number of nitrogens with zero attached hydrogens (tertiary/aromatic N) is 2. The first kappa shape index (κ1) is 16.6. The topological polar surface area (TPSA) is 91.8 Å². The molecule has 1 aliphatic heterocycles. The summed E-state index contributed by atoms with van der Waals surface area (Å²) in [5.74, 6) is -0.787. The van der Waals surface area contributed by atoms with Crippen molar-refractivity contribution in [1.29, 1.82) is 0 Å². The molecule has 1 saturated heterocycles. The van der Waals surface area contributed by atoms with Gasteiger partial charge in [0.25, 0.3) is 0 Å². The van der Waals surface area contributed by atoms with Crippen LogP contribution in [-0.2, 0) is 19.4 Å². The number of hydrogen-bond donors (Lipinski definition) is 0. The Labute approximate surface area is 118 Å².